The number of carbonyl (C=O) groups is 1. The van der Waals surface area contributed by atoms with Crippen molar-refractivity contribution in [3.63, 3.8) is 0 Å². The number of aromatic nitrogens is 2. The van der Waals surface area contributed by atoms with E-state index in [1.807, 2.05) is 0 Å². The largest absolute Gasteiger partial charge is 0.462 e. The average molecular weight is 212 g/mol. The number of H-pyrrole nitrogens is 1. The van der Waals surface area contributed by atoms with Crippen LogP contribution in [0.4, 0.5) is 0 Å². The minimum Gasteiger partial charge on any atom is -0.462 e. The maximum absolute atomic E-state index is 11.2. The molecule has 0 radical (unpaired) electrons. The first-order chi connectivity index (χ1) is 6.99. The lowest BCUT2D eigenvalue weighted by molar-refractivity contribution is -0.148. The zero-order valence-corrected chi connectivity index (χ0v) is 8.52. The van der Waals surface area contributed by atoms with Crippen molar-refractivity contribution in [2.45, 2.75) is 26.5 Å². The lowest BCUT2D eigenvalue weighted by Crippen LogP contribution is -2.32. The number of hydrogen-bond donors (Lipinski definition) is 1. The molecule has 1 aromatic rings. The van der Waals surface area contributed by atoms with Gasteiger partial charge in [0.05, 0.1) is 6.10 Å². The summed E-state index contributed by atoms with van der Waals surface area (Å²) in [7, 11) is 0. The number of carbonyl (C=O) groups excluding carboxylic acids is 1. The van der Waals surface area contributed by atoms with Crippen LogP contribution in [0.25, 0.3) is 0 Å². The number of nitrogens with one attached hydrogen (secondary N) is 1. The van der Waals surface area contributed by atoms with Gasteiger partial charge in [0.2, 0.25) is 0 Å². The van der Waals surface area contributed by atoms with E-state index in [0.717, 1.165) is 16.8 Å². The van der Waals surface area contributed by atoms with Crippen molar-refractivity contribution < 1.29 is 9.53 Å². The molecule has 6 heteroatoms. The molecular formula is C9H12N2O4. The predicted octanol–water partition coefficient (Wildman–Crippen LogP) is -0.512. The summed E-state index contributed by atoms with van der Waals surface area (Å²) in [6.07, 6.45) is -0.247. The molecule has 0 aliphatic carbocycles. The Hall–Kier alpha value is -1.85. The quantitative estimate of drug-likeness (QED) is 0.684. The van der Waals surface area contributed by atoms with Gasteiger partial charge in [-0.2, -0.15) is 0 Å². The van der Waals surface area contributed by atoms with Crippen molar-refractivity contribution >= 4 is 5.97 Å². The third-order valence-corrected chi connectivity index (χ3v) is 1.54. The van der Waals surface area contributed by atoms with Gasteiger partial charge >= 0.3 is 5.97 Å². The van der Waals surface area contributed by atoms with Crippen LogP contribution in [-0.4, -0.2) is 21.9 Å². The minimum atomic E-state index is -0.561. The Morgan fingerprint density at radius 2 is 2.13 bits per heavy atom. The Morgan fingerprint density at radius 3 is 2.73 bits per heavy atom. The fourth-order valence-electron chi connectivity index (χ4n) is 1.01. The molecule has 15 heavy (non-hydrogen) atoms. The van der Waals surface area contributed by atoms with Crippen LogP contribution in [0.5, 0.6) is 0 Å². The number of hydrogen-bond acceptors (Lipinski definition) is 4. The van der Waals surface area contributed by atoms with Crippen molar-refractivity contribution in [1.82, 2.24) is 9.78 Å². The topological polar surface area (TPSA) is 81.2 Å². The first kappa shape index (κ1) is 11.2. The van der Waals surface area contributed by atoms with E-state index in [-0.39, 0.29) is 12.6 Å². The van der Waals surface area contributed by atoms with Crippen molar-refractivity contribution in [1.29, 1.82) is 0 Å². The molecule has 0 atom stereocenters. The van der Waals surface area contributed by atoms with Crippen LogP contribution in [-0.2, 0) is 16.1 Å². The van der Waals surface area contributed by atoms with E-state index < -0.39 is 17.1 Å². The van der Waals surface area contributed by atoms with Gasteiger partial charge in [-0.1, -0.05) is 0 Å². The second-order valence-electron chi connectivity index (χ2n) is 3.27. The highest BCUT2D eigenvalue weighted by Crippen LogP contribution is 1.89. The number of nitrogens with zero attached hydrogens (tertiary/aromatic N) is 1. The molecular weight excluding hydrogens is 200 g/mol. The molecule has 1 rings (SSSR count). The second-order valence-corrected chi connectivity index (χ2v) is 3.27. The minimum absolute atomic E-state index is 0.247. The summed E-state index contributed by atoms with van der Waals surface area (Å²) < 4.78 is 5.74. The molecule has 0 spiro atoms. The lowest BCUT2D eigenvalue weighted by Gasteiger charge is -2.08. The normalized spacial score (nSPS) is 10.3. The van der Waals surface area contributed by atoms with Gasteiger partial charge in [-0.3, -0.25) is 19.5 Å². The first-order valence-electron chi connectivity index (χ1n) is 4.48. The molecule has 0 fully saturated rings. The summed E-state index contributed by atoms with van der Waals surface area (Å²) in [6, 6.07) is 2.20. The van der Waals surface area contributed by atoms with Gasteiger partial charge in [-0.05, 0) is 13.8 Å². The highest BCUT2D eigenvalue weighted by atomic mass is 16.5. The Balaban J connectivity index is 2.81. The molecule has 1 N–H and O–H groups in total. The molecule has 0 aromatic carbocycles. The van der Waals surface area contributed by atoms with E-state index in [2.05, 4.69) is 5.10 Å². The Labute approximate surface area is 85.5 Å². The van der Waals surface area contributed by atoms with Gasteiger partial charge in [0.1, 0.15) is 6.54 Å². The first-order valence-corrected chi connectivity index (χ1v) is 4.48. The van der Waals surface area contributed by atoms with Crippen molar-refractivity contribution in [2.75, 3.05) is 0 Å². The summed E-state index contributed by atoms with van der Waals surface area (Å²) in [5, 5.41) is 2.23. The van der Waals surface area contributed by atoms with Crippen LogP contribution in [0, 0.1) is 0 Å². The summed E-state index contributed by atoms with van der Waals surface area (Å²) in [5.41, 5.74) is -0.887. The van der Waals surface area contributed by atoms with Crippen LogP contribution in [0.1, 0.15) is 13.8 Å². The molecule has 0 bridgehead atoms. The van der Waals surface area contributed by atoms with Crippen LogP contribution in [0.3, 0.4) is 0 Å². The maximum atomic E-state index is 11.2. The Kier molecular flexibility index (Phi) is 3.43. The van der Waals surface area contributed by atoms with Gasteiger partial charge in [0.25, 0.3) is 11.1 Å². The zero-order chi connectivity index (χ0) is 11.4. The third-order valence-electron chi connectivity index (χ3n) is 1.54. The molecule has 0 aliphatic heterocycles. The van der Waals surface area contributed by atoms with Crippen LogP contribution < -0.4 is 11.1 Å². The van der Waals surface area contributed by atoms with Crippen molar-refractivity contribution in [3.8, 4) is 0 Å². The smallest absolute Gasteiger partial charge is 0.328 e. The molecule has 0 unspecified atom stereocenters. The molecule has 82 valence electrons. The SMILES string of the molecule is CC(C)OC(=O)Cn1[nH]c(=O)ccc1=O. The monoisotopic (exact) mass is 212 g/mol. The number of aromatic amines is 1. The summed E-state index contributed by atoms with van der Waals surface area (Å²) >= 11 is 0. The highest BCUT2D eigenvalue weighted by Gasteiger charge is 2.07. The van der Waals surface area contributed by atoms with Crippen molar-refractivity contribution in [2.24, 2.45) is 0 Å². The Morgan fingerprint density at radius 1 is 1.47 bits per heavy atom. The van der Waals surface area contributed by atoms with Crippen LogP contribution >= 0.6 is 0 Å². The third kappa shape index (κ3) is 3.41. The molecule has 6 nitrogen and oxygen atoms in total. The summed E-state index contributed by atoms with van der Waals surface area (Å²) in [6.45, 7) is 3.12. The summed E-state index contributed by atoms with van der Waals surface area (Å²) in [5.74, 6) is -0.561. The standard InChI is InChI=1S/C9H12N2O4/c1-6(2)15-9(14)5-11-8(13)4-3-7(12)10-11/h3-4,6H,5H2,1-2H3,(H,10,12). The summed E-state index contributed by atoms with van der Waals surface area (Å²) in [4.78, 5) is 33.2. The van der Waals surface area contributed by atoms with Crippen molar-refractivity contribution in [3.05, 3.63) is 32.8 Å². The van der Waals surface area contributed by atoms with Gasteiger partial charge in [0, 0.05) is 12.1 Å². The molecule has 0 aliphatic rings. The lowest BCUT2D eigenvalue weighted by atomic mass is 10.5. The average Bonchev–Trinajstić information content (AvgIpc) is 2.10. The van der Waals surface area contributed by atoms with E-state index in [0.29, 0.717) is 0 Å². The molecule has 0 amide bonds. The van der Waals surface area contributed by atoms with Crippen LogP contribution in [0.2, 0.25) is 0 Å². The van der Waals surface area contributed by atoms with Gasteiger partial charge in [-0.15, -0.1) is 0 Å². The molecule has 1 heterocycles. The predicted molar refractivity (Wildman–Crippen MR) is 52.6 cm³/mol. The maximum Gasteiger partial charge on any atom is 0.328 e. The van der Waals surface area contributed by atoms with Gasteiger partial charge in [0.15, 0.2) is 0 Å². The van der Waals surface area contributed by atoms with E-state index in [4.69, 9.17) is 4.74 Å². The fraction of sp³-hybridized carbons (Fsp3) is 0.444. The molecule has 0 saturated heterocycles. The van der Waals surface area contributed by atoms with Gasteiger partial charge < -0.3 is 4.74 Å². The number of rotatable bonds is 3. The fourth-order valence-corrected chi connectivity index (χ4v) is 1.01. The molecule has 1 aromatic heterocycles. The number of esters is 1. The van der Waals surface area contributed by atoms with E-state index >= 15 is 0 Å². The second kappa shape index (κ2) is 4.59. The number of ether oxygens (including phenoxy) is 1. The zero-order valence-electron chi connectivity index (χ0n) is 8.52. The van der Waals surface area contributed by atoms with Crippen LogP contribution in [0.15, 0.2) is 21.7 Å². The molecule has 0 saturated carbocycles. The highest BCUT2D eigenvalue weighted by molar-refractivity contribution is 5.69. The van der Waals surface area contributed by atoms with E-state index in [1.165, 1.54) is 0 Å². The van der Waals surface area contributed by atoms with E-state index in [1.54, 1.807) is 13.8 Å². The van der Waals surface area contributed by atoms with E-state index in [9.17, 15) is 14.4 Å². The van der Waals surface area contributed by atoms with Gasteiger partial charge in [-0.25, -0.2) is 4.68 Å². The Bertz CT molecular complexity index is 458.